The van der Waals surface area contributed by atoms with E-state index in [0.29, 0.717) is 0 Å². The summed E-state index contributed by atoms with van der Waals surface area (Å²) in [6.07, 6.45) is 1.33. The van der Waals surface area contributed by atoms with Gasteiger partial charge in [-0.15, -0.1) is 4.91 Å². The van der Waals surface area contributed by atoms with Crippen molar-refractivity contribution >= 4 is 17.5 Å². The molecule has 0 aliphatic heterocycles. The van der Waals surface area contributed by atoms with Gasteiger partial charge in [-0.05, 0) is 17.3 Å². The summed E-state index contributed by atoms with van der Waals surface area (Å²) >= 11 is 5.30. The molecule has 1 rings (SSSR count). The first kappa shape index (κ1) is 6.95. The Bertz CT molecular complexity index is 307. The van der Waals surface area contributed by atoms with E-state index in [2.05, 4.69) is 5.18 Å². The van der Waals surface area contributed by atoms with E-state index in [-0.39, 0.29) is 5.69 Å². The molecule has 0 saturated carbocycles. The van der Waals surface area contributed by atoms with E-state index in [1.165, 1.54) is 18.3 Å². The van der Waals surface area contributed by atoms with Crippen molar-refractivity contribution in [2.45, 2.75) is 0 Å². The first-order valence-electron chi connectivity index (χ1n) is 2.47. The molecule has 0 amide bonds. The van der Waals surface area contributed by atoms with E-state index in [1.54, 1.807) is 0 Å². The largest absolute Gasteiger partial charge is 0.294 e. The molecule has 0 aliphatic carbocycles. The third kappa shape index (κ3) is 1.06. The molecule has 0 aliphatic rings. The molecule has 4 nitrogen and oxygen atoms in total. The summed E-state index contributed by atoms with van der Waals surface area (Å²) in [5, 5.41) is 2.46. The van der Waals surface area contributed by atoms with Gasteiger partial charge in [-0.3, -0.25) is 4.79 Å². The van der Waals surface area contributed by atoms with Crippen molar-refractivity contribution in [3.8, 4) is 0 Å². The first-order valence-corrected chi connectivity index (χ1v) is 2.80. The molecule has 0 fully saturated rings. The number of pyridine rings is 1. The van der Waals surface area contributed by atoms with Crippen molar-refractivity contribution in [1.82, 2.24) is 4.09 Å². The van der Waals surface area contributed by atoms with Crippen LogP contribution in [-0.2, 0) is 0 Å². The average Bonchev–Trinajstić information content (AvgIpc) is 1.95. The second-order valence-electron chi connectivity index (χ2n) is 1.60. The molecule has 52 valence electrons. The van der Waals surface area contributed by atoms with Crippen LogP contribution in [-0.4, -0.2) is 4.09 Å². The van der Waals surface area contributed by atoms with Gasteiger partial charge in [-0.2, -0.15) is 0 Å². The fourth-order valence-corrected chi connectivity index (χ4v) is 0.679. The second-order valence-corrected chi connectivity index (χ2v) is 1.97. The zero-order valence-corrected chi connectivity index (χ0v) is 5.58. The van der Waals surface area contributed by atoms with Gasteiger partial charge in [0, 0.05) is 18.0 Å². The summed E-state index contributed by atoms with van der Waals surface area (Å²) in [4.78, 5) is 20.6. The van der Waals surface area contributed by atoms with Gasteiger partial charge in [0.05, 0.1) is 0 Å². The third-order valence-corrected chi connectivity index (χ3v) is 1.25. The number of nitrogens with zero attached hydrogens (tertiary/aromatic N) is 2. The van der Waals surface area contributed by atoms with Crippen LogP contribution in [0.25, 0.3) is 0 Å². The maximum Gasteiger partial charge on any atom is 0.294 e. The molecule has 0 radical (unpaired) electrons. The molecule has 1 aromatic rings. The number of aromatic nitrogens is 1. The smallest absolute Gasteiger partial charge is 0.265 e. The quantitative estimate of drug-likeness (QED) is 0.578. The molecule has 0 atom stereocenters. The van der Waals surface area contributed by atoms with E-state index in [0.717, 1.165) is 4.09 Å². The monoisotopic (exact) mass is 158 g/mol. The fraction of sp³-hybridized carbons (Fsp3) is 0. The van der Waals surface area contributed by atoms with Gasteiger partial charge in [0.25, 0.3) is 5.56 Å². The standard InChI is InChI=1S/C5H3ClN2O2/c6-8-3-1-2-4(7-10)5(8)9/h1-3H. The molecule has 0 saturated heterocycles. The fourth-order valence-electron chi connectivity index (χ4n) is 0.528. The Balaban J connectivity index is 3.42. The van der Waals surface area contributed by atoms with Crippen LogP contribution < -0.4 is 5.56 Å². The lowest BCUT2D eigenvalue weighted by Gasteiger charge is -1.89. The highest BCUT2D eigenvalue weighted by Gasteiger charge is 1.98. The van der Waals surface area contributed by atoms with Gasteiger partial charge in [0.2, 0.25) is 0 Å². The lowest BCUT2D eigenvalue weighted by molar-refractivity contribution is 1.12. The Hall–Kier alpha value is -1.16. The molecule has 0 N–H and O–H groups in total. The van der Waals surface area contributed by atoms with E-state index in [9.17, 15) is 9.70 Å². The van der Waals surface area contributed by atoms with Crippen molar-refractivity contribution in [2.75, 3.05) is 0 Å². The Morgan fingerprint density at radius 1 is 1.60 bits per heavy atom. The zero-order chi connectivity index (χ0) is 7.56. The Labute approximate surface area is 61.1 Å². The zero-order valence-electron chi connectivity index (χ0n) is 4.82. The third-order valence-electron chi connectivity index (χ3n) is 0.983. The van der Waals surface area contributed by atoms with Gasteiger partial charge < -0.3 is 0 Å². The SMILES string of the molecule is O=Nc1cccn(Cl)c1=O. The van der Waals surface area contributed by atoms with E-state index in [1.807, 2.05) is 0 Å². The minimum absolute atomic E-state index is 0.183. The maximum atomic E-state index is 10.7. The summed E-state index contributed by atoms with van der Waals surface area (Å²) in [7, 11) is 0. The average molecular weight is 159 g/mol. The van der Waals surface area contributed by atoms with Crippen molar-refractivity contribution in [1.29, 1.82) is 0 Å². The molecule has 5 heteroatoms. The van der Waals surface area contributed by atoms with Gasteiger partial charge >= 0.3 is 0 Å². The normalized spacial score (nSPS) is 9.30. The van der Waals surface area contributed by atoms with Crippen LogP contribution in [0.3, 0.4) is 0 Å². The van der Waals surface area contributed by atoms with Crippen molar-refractivity contribution in [3.05, 3.63) is 33.6 Å². The highest BCUT2D eigenvalue weighted by molar-refractivity contribution is 6.15. The van der Waals surface area contributed by atoms with Crippen LogP contribution in [0.2, 0.25) is 0 Å². The molecule has 10 heavy (non-hydrogen) atoms. The number of halogens is 1. The molecule has 0 aromatic carbocycles. The van der Waals surface area contributed by atoms with Gasteiger partial charge in [0.15, 0.2) is 5.69 Å². The highest BCUT2D eigenvalue weighted by atomic mass is 35.5. The van der Waals surface area contributed by atoms with Crippen LogP contribution in [0, 0.1) is 4.91 Å². The number of nitroso groups, excluding NO2 is 1. The molecular weight excluding hydrogens is 156 g/mol. The molecule has 1 heterocycles. The van der Waals surface area contributed by atoms with E-state index >= 15 is 0 Å². The summed E-state index contributed by atoms with van der Waals surface area (Å²) < 4.78 is 0.775. The molecular formula is C5H3ClN2O2. The number of hydrogen-bond donors (Lipinski definition) is 0. The predicted octanol–water partition coefficient (Wildman–Crippen LogP) is 1.25. The van der Waals surface area contributed by atoms with Crippen molar-refractivity contribution in [2.24, 2.45) is 5.18 Å². The molecule has 1 aromatic heterocycles. The number of rotatable bonds is 1. The maximum absolute atomic E-state index is 10.7. The summed E-state index contributed by atoms with van der Waals surface area (Å²) in [5.41, 5.74) is -0.781. The molecule has 0 spiro atoms. The lowest BCUT2D eigenvalue weighted by Crippen LogP contribution is -2.09. The predicted molar refractivity (Wildman–Crippen MR) is 37.4 cm³/mol. The number of hydrogen-bond acceptors (Lipinski definition) is 3. The Morgan fingerprint density at radius 3 is 2.80 bits per heavy atom. The topological polar surface area (TPSA) is 51.4 Å². The minimum atomic E-state index is -0.598. The van der Waals surface area contributed by atoms with E-state index < -0.39 is 5.56 Å². The summed E-state index contributed by atoms with van der Waals surface area (Å²) in [6.45, 7) is 0. The highest BCUT2D eigenvalue weighted by Crippen LogP contribution is 2.01. The van der Waals surface area contributed by atoms with E-state index in [4.69, 9.17) is 11.8 Å². The van der Waals surface area contributed by atoms with Crippen LogP contribution in [0.15, 0.2) is 28.3 Å². The Morgan fingerprint density at radius 2 is 2.30 bits per heavy atom. The van der Waals surface area contributed by atoms with Gasteiger partial charge in [-0.25, -0.2) is 4.09 Å². The van der Waals surface area contributed by atoms with Crippen molar-refractivity contribution < 1.29 is 0 Å². The molecule has 0 unspecified atom stereocenters. The first-order chi connectivity index (χ1) is 4.75. The second kappa shape index (κ2) is 2.62. The van der Waals surface area contributed by atoms with Crippen LogP contribution in [0.5, 0.6) is 0 Å². The van der Waals surface area contributed by atoms with Gasteiger partial charge in [-0.1, -0.05) is 0 Å². The lowest BCUT2D eigenvalue weighted by atomic mass is 10.4. The van der Waals surface area contributed by atoms with Crippen LogP contribution >= 0.6 is 11.8 Å². The summed E-state index contributed by atoms with van der Waals surface area (Å²) in [6, 6.07) is 2.76. The molecule has 0 bridgehead atoms. The minimum Gasteiger partial charge on any atom is -0.265 e. The Kier molecular flexibility index (Phi) is 1.82. The van der Waals surface area contributed by atoms with Crippen molar-refractivity contribution in [3.63, 3.8) is 0 Å². The van der Waals surface area contributed by atoms with Crippen LogP contribution in [0.1, 0.15) is 0 Å². The van der Waals surface area contributed by atoms with Crippen LogP contribution in [0.4, 0.5) is 5.69 Å². The summed E-state index contributed by atoms with van der Waals surface area (Å²) in [5.74, 6) is 0. The van der Waals surface area contributed by atoms with Gasteiger partial charge in [0.1, 0.15) is 0 Å².